The Kier molecular flexibility index (Phi) is 25.8. The summed E-state index contributed by atoms with van der Waals surface area (Å²) in [5.74, 6) is 4.02. The number of aromatic nitrogens is 1. The summed E-state index contributed by atoms with van der Waals surface area (Å²) in [7, 11) is 0. The van der Waals surface area contributed by atoms with Crippen LogP contribution in [0.15, 0.2) is 45.4 Å². The van der Waals surface area contributed by atoms with Crippen LogP contribution in [0.1, 0.15) is 417 Å². The number of hydrogen-bond acceptors (Lipinski definition) is 20. The molecule has 8 N–H and O–H groups in total. The second-order valence-electron chi connectivity index (χ2n) is 63.4. The van der Waals surface area contributed by atoms with Crippen molar-refractivity contribution in [2.45, 2.75) is 448 Å². The number of aliphatic hydroxyl groups is 8. The number of allylic oxidation sites excluding steroid dienone is 6. The molecule has 21 aliphatic rings. The summed E-state index contributed by atoms with van der Waals surface area (Å²) in [6.45, 7) is 63.0. The van der Waals surface area contributed by atoms with Crippen molar-refractivity contribution in [2.24, 2.45) is 213 Å². The molecule has 4 unspecified atom stereocenters. The van der Waals surface area contributed by atoms with Crippen molar-refractivity contribution in [1.82, 2.24) is 5.16 Å². The lowest BCUT2D eigenvalue weighted by Crippen LogP contribution is -2.74. The first kappa shape index (κ1) is 111. The number of ketones is 6. The molecule has 2 bridgehead atoms. The fourth-order valence-electron chi connectivity index (χ4n) is 46.0. The van der Waals surface area contributed by atoms with Crippen molar-refractivity contribution in [3.05, 3.63) is 52.2 Å². The van der Waals surface area contributed by atoms with Crippen LogP contribution in [0.2, 0.25) is 0 Å². The normalized spacial score (nSPS) is 50.0. The molecule has 1 aromatic rings. The van der Waals surface area contributed by atoms with Crippen molar-refractivity contribution >= 4 is 34.7 Å². The van der Waals surface area contributed by atoms with Gasteiger partial charge in [0.2, 0.25) is 0 Å². The quantitative estimate of drug-likeness (QED) is 0.126. The minimum atomic E-state index is -0.868. The summed E-state index contributed by atoms with van der Waals surface area (Å²) in [5.41, 5.74) is -3.43. The molecule has 1 saturated heterocycles. The van der Waals surface area contributed by atoms with Gasteiger partial charge in [-0.05, 0) is 339 Å². The lowest BCUT2D eigenvalue weighted by Gasteiger charge is -2.72. The molecule has 148 heavy (non-hydrogen) atoms. The molecule has 0 aromatic carbocycles. The first-order chi connectivity index (χ1) is 68.3. The summed E-state index contributed by atoms with van der Waals surface area (Å²) in [5, 5.41) is 120. The predicted molar refractivity (Wildman–Crippen MR) is 568 cm³/mol. The highest BCUT2D eigenvalue weighted by atomic mass is 16.5. The molecule has 20 nitrogen and oxygen atoms in total. The number of ether oxygens (including phenoxy) is 1. The number of aliphatic hydroxyl groups excluding tert-OH is 8. The minimum absolute atomic E-state index is 0.0175. The minimum Gasteiger partial charge on any atom is -0.511 e. The molecule has 20 heteroatoms. The van der Waals surface area contributed by atoms with Crippen LogP contribution in [0, 0.1) is 247 Å². The number of hydrogen-bond donors (Lipinski definition) is 8. The van der Waals surface area contributed by atoms with Crippen LogP contribution < -0.4 is 0 Å². The number of carbonyl (C=O) groups excluding carboxylic acids is 6. The Morgan fingerprint density at radius 3 is 1.12 bits per heavy atom. The van der Waals surface area contributed by atoms with Crippen LogP contribution in [-0.4, -0.2) is 137 Å². The fraction of sp³-hybridized carbons (Fsp3) is 0.859. The van der Waals surface area contributed by atoms with Gasteiger partial charge in [-0.25, -0.2) is 0 Å². The summed E-state index contributed by atoms with van der Waals surface area (Å²) < 4.78 is 12.8. The second-order valence-corrected chi connectivity index (χ2v) is 63.4. The van der Waals surface area contributed by atoms with Gasteiger partial charge < -0.3 is 50.1 Å². The van der Waals surface area contributed by atoms with Gasteiger partial charge in [0, 0.05) is 104 Å². The Balaban J connectivity index is 0.000000124. The van der Waals surface area contributed by atoms with Crippen molar-refractivity contribution in [1.29, 1.82) is 15.8 Å². The average Bonchev–Trinajstić information content (AvgIpc) is 1.54. The number of Topliss-reactive ketones (excluding diaryl/α,β-unsaturated/α-hetero) is 6. The van der Waals surface area contributed by atoms with Gasteiger partial charge in [-0.3, -0.25) is 28.8 Å². The van der Waals surface area contributed by atoms with E-state index in [0.717, 1.165) is 192 Å². The van der Waals surface area contributed by atoms with Crippen LogP contribution in [0.4, 0.5) is 0 Å². The van der Waals surface area contributed by atoms with Gasteiger partial charge in [-0.2, -0.15) is 15.8 Å². The Labute approximate surface area is 886 Å². The van der Waals surface area contributed by atoms with Gasteiger partial charge in [-0.1, -0.05) is 211 Å². The van der Waals surface area contributed by atoms with Gasteiger partial charge in [-0.15, -0.1) is 0 Å². The van der Waals surface area contributed by atoms with E-state index in [1.165, 1.54) is 5.56 Å². The van der Waals surface area contributed by atoms with E-state index in [1.54, 1.807) is 0 Å². The number of nitriles is 3. The van der Waals surface area contributed by atoms with E-state index in [9.17, 15) is 85.4 Å². The van der Waals surface area contributed by atoms with E-state index in [1.807, 2.05) is 46.0 Å². The van der Waals surface area contributed by atoms with Gasteiger partial charge in [0.05, 0.1) is 79.8 Å². The van der Waals surface area contributed by atoms with E-state index >= 15 is 0 Å². The van der Waals surface area contributed by atoms with E-state index in [0.29, 0.717) is 66.9 Å². The van der Waals surface area contributed by atoms with E-state index < -0.39 is 56.4 Å². The maximum absolute atomic E-state index is 14.8. The van der Waals surface area contributed by atoms with Crippen molar-refractivity contribution in [3.8, 4) is 18.2 Å². The zero-order chi connectivity index (χ0) is 109. The van der Waals surface area contributed by atoms with Gasteiger partial charge in [0.15, 0.2) is 17.3 Å². The summed E-state index contributed by atoms with van der Waals surface area (Å²) >= 11 is 0. The monoisotopic (exact) mass is 2040 g/mol. The summed E-state index contributed by atoms with van der Waals surface area (Å²) in [4.78, 5) is 84.7. The smallest absolute Gasteiger partial charge is 0.178 e. The highest BCUT2D eigenvalue weighted by Crippen LogP contribution is 2.85. The average molecular weight is 2040 g/mol. The van der Waals surface area contributed by atoms with Gasteiger partial charge in [0.25, 0.3) is 0 Å². The van der Waals surface area contributed by atoms with Crippen molar-refractivity contribution in [3.63, 3.8) is 0 Å². The lowest BCUT2D eigenvalue weighted by atomic mass is 9.31. The third kappa shape index (κ3) is 14.2. The van der Waals surface area contributed by atoms with Crippen LogP contribution in [0.3, 0.4) is 0 Å². The van der Waals surface area contributed by atoms with Crippen molar-refractivity contribution in [2.75, 3.05) is 26.4 Å². The molecular weight excluding hydrogens is 1850 g/mol. The van der Waals surface area contributed by atoms with E-state index in [-0.39, 0.29) is 241 Å². The van der Waals surface area contributed by atoms with E-state index in [4.69, 9.17) is 9.26 Å². The number of fused-ring (bicyclic) bond motifs is 26. The van der Waals surface area contributed by atoms with Crippen molar-refractivity contribution < 1.29 is 78.9 Å². The zero-order valence-electron chi connectivity index (χ0n) is 96.2. The topological polar surface area (TPSA) is 371 Å². The number of rotatable bonds is 7. The Hall–Kier alpha value is -5.60. The SMILES string of the molecule is CC1(C)CC[C@@]23CC[C@@]4(C)[C@]5(C)CC[C@H]6C(C)(C)C(=O)C(C#N)=C[C@]6(C)[C@H]5CC(=O)[C@]4(OC2CO)[C@@H]3C1.CC1(C)CC[C@]2(C(O)CO)CC[C@]3(C)[C@H](C(=O)C[C@@H]4[C@@]5(C)C=C(C#N)C(=O)C(C)(C)[C@@H]5CC[C@]43C)[C@@H]2C1.CC1(C)CC[C@]2(C(O)CO)CC[C@]3(C)[C@H](C(=O)C[C@@H]4[C@@]5(C)CC(C#N)=C(O)C(C)(C)[C@@H]5CC[C@]43C)[C@@H]2C1.CC1(C)CC[C@]2(C(O)CO)CC[C@]3(C)[C@H](C(=O)C[C@@H]4[C@@]5(C)Cc6cnoc6C(C)(C)[C@@H]5CC[C@]43C)[C@@H]2C1. The lowest BCUT2D eigenvalue weighted by molar-refractivity contribution is -0.257. The first-order valence-corrected chi connectivity index (χ1v) is 58.7. The maximum Gasteiger partial charge on any atom is 0.178 e. The fourth-order valence-corrected chi connectivity index (χ4v) is 46.0. The molecule has 22 rings (SSSR count). The number of carbonyl (C=O) groups is 6. The molecule has 0 amide bonds. The molecular formula is C128H190N4O16. The van der Waals surface area contributed by atoms with Crippen LogP contribution in [0.25, 0.3) is 0 Å². The Morgan fingerprint density at radius 1 is 0.372 bits per heavy atom. The van der Waals surface area contributed by atoms with E-state index in [2.05, 4.69) is 190 Å². The molecule has 1 aliphatic heterocycles. The molecule has 818 valence electrons. The molecule has 2 heterocycles. The highest BCUT2D eigenvalue weighted by molar-refractivity contribution is 6.05. The van der Waals surface area contributed by atoms with Crippen LogP contribution in [-0.2, 0) is 45.3 Å². The zero-order valence-corrected chi connectivity index (χ0v) is 96.2. The third-order valence-electron chi connectivity index (χ3n) is 54.7. The molecule has 0 radical (unpaired) electrons. The highest BCUT2D eigenvalue weighted by Gasteiger charge is 2.85. The Bertz CT molecular complexity index is 5820. The summed E-state index contributed by atoms with van der Waals surface area (Å²) in [6, 6.07) is 6.72. The molecule has 17 fully saturated rings. The second kappa shape index (κ2) is 34.5. The third-order valence-corrected chi connectivity index (χ3v) is 54.7. The van der Waals surface area contributed by atoms with Gasteiger partial charge >= 0.3 is 0 Å². The van der Waals surface area contributed by atoms with Crippen LogP contribution >= 0.6 is 0 Å². The first-order valence-electron chi connectivity index (χ1n) is 58.7. The molecule has 16 saturated carbocycles. The molecule has 36 atom stereocenters. The standard InChI is InChI=1S/C32H49NO4.C32H45NO4.C32H49NO4.C32H47NO4/c1-27(2)10-12-32(24(36)18-34)13-11-31(7)25(20(32)16-27)21(35)14-23-29(5)15-19-17-33-37-26(19)28(3,4)22(29)8-9-30(23,31)6;1-26(2)10-12-31-13-11-30(7)29(6)9-8-20-27(3,4)25(36)19(17-33)15-28(20,5)21(29)14-23(35)32(30,22(31)16-26)37-24(31)18-34;2*1-27(2)10-12-32(24(36)18-34)13-11-31(7)25(20(32)16-27)21(35)14-23-29(5)15-19(17-33)26(37)28(3,4)22(29)8-9-30(23,31)6/h17,20,22-25,34,36H,8-16,18H2,1-7H3;15,20-22,24,34H,8-14,16,18H2,1-7H3;20,22-25,34,36-37H,8-16,18H2,1-7H3;15,20,22-25,34,36H,8-14,16,18H2,1-7H3/t20-,22-,23+,24?,25-,29-,30+,31+,32-;20-,21+,22+,24?,28-,29+,30-,31-,32+;2*20-,22-,23+,24?,25-,29-,30+,31+,32-/m0000/s1. The number of nitrogens with zero attached hydrogens (tertiary/aromatic N) is 4. The van der Waals surface area contributed by atoms with Crippen LogP contribution in [0.5, 0.6) is 0 Å². The predicted octanol–water partition coefficient (Wildman–Crippen LogP) is 23.9. The Morgan fingerprint density at radius 2 is 0.723 bits per heavy atom. The molecule has 20 aliphatic carbocycles. The molecule has 1 aromatic heterocycles. The maximum atomic E-state index is 14.8. The summed E-state index contributed by atoms with van der Waals surface area (Å²) in [6.07, 6.45) is 33.6. The largest absolute Gasteiger partial charge is 0.511 e. The molecule has 1 spiro atoms. The van der Waals surface area contributed by atoms with Gasteiger partial charge in [0.1, 0.15) is 46.6 Å².